The number of hydrogen-bond donors (Lipinski definition) is 2. The molecule has 6 aliphatic heterocycles. The second-order valence-electron chi connectivity index (χ2n) is 21.1. The van der Waals surface area contributed by atoms with E-state index in [1.165, 1.54) is 4.68 Å². The SMILES string of the molecule is CC(C)(C)OC(=O)N1CC2CN(c3nnnn3-c3ccccc3)CC2C1.CC(C)(C)OC(=O)N1CC2CNCC2C1.Clc1nnnn1-c1ccccc1.c1ccc(-n2nnnc2N2CC3CNCC3C2)cc1. The van der Waals surface area contributed by atoms with Gasteiger partial charge in [-0.3, -0.25) is 0 Å². The normalized spacial score (nSPS) is 23.0. The van der Waals surface area contributed by atoms with Crippen LogP contribution < -0.4 is 20.4 Å². The Bertz CT molecular complexity index is 2660. The summed E-state index contributed by atoms with van der Waals surface area (Å²) < 4.78 is 15.9. The molecule has 3 aromatic heterocycles. The Morgan fingerprint density at radius 2 is 0.792 bits per heavy atom. The second-order valence-corrected chi connectivity index (χ2v) is 21.4. The summed E-state index contributed by atoms with van der Waals surface area (Å²) in [5.41, 5.74) is 1.97. The van der Waals surface area contributed by atoms with Crippen LogP contribution in [0.3, 0.4) is 0 Å². The van der Waals surface area contributed by atoms with Crippen LogP contribution in [0.5, 0.6) is 0 Å². The van der Waals surface area contributed by atoms with Crippen LogP contribution in [0.25, 0.3) is 17.1 Å². The molecule has 0 radical (unpaired) electrons. The van der Waals surface area contributed by atoms with E-state index in [0.29, 0.717) is 23.7 Å². The number of nitrogens with zero attached hydrogens (tertiary/aromatic N) is 16. The number of ether oxygens (including phenoxy) is 2. The van der Waals surface area contributed by atoms with Crippen molar-refractivity contribution in [1.29, 1.82) is 0 Å². The van der Waals surface area contributed by atoms with Gasteiger partial charge in [0.15, 0.2) is 0 Å². The summed E-state index contributed by atoms with van der Waals surface area (Å²) in [5, 5.41) is 42.2. The van der Waals surface area contributed by atoms with Gasteiger partial charge in [0.25, 0.3) is 0 Å². The minimum Gasteiger partial charge on any atom is -0.444 e. The number of carbonyl (C=O) groups excluding carboxylic acids is 2. The van der Waals surface area contributed by atoms with Crippen molar-refractivity contribution in [2.24, 2.45) is 35.5 Å². The van der Waals surface area contributed by atoms with Crippen LogP contribution in [0.4, 0.5) is 21.5 Å². The lowest BCUT2D eigenvalue weighted by Crippen LogP contribution is -2.37. The molecule has 6 saturated heterocycles. The molecule has 2 N–H and O–H groups in total. The van der Waals surface area contributed by atoms with Gasteiger partial charge in [-0.2, -0.15) is 14.0 Å². The highest BCUT2D eigenvalue weighted by Crippen LogP contribution is 2.35. The fraction of sp³-hybridized carbons (Fsp3) is 0.531. The first kappa shape index (κ1) is 50.2. The third-order valence-electron chi connectivity index (χ3n) is 13.5. The first-order valence-electron chi connectivity index (χ1n) is 24.7. The lowest BCUT2D eigenvalue weighted by atomic mass is 10.0. The zero-order valence-corrected chi connectivity index (χ0v) is 42.5. The molecule has 23 heteroatoms. The molecule has 12 rings (SSSR count). The Kier molecular flexibility index (Phi) is 15.3. The van der Waals surface area contributed by atoms with Gasteiger partial charge in [-0.1, -0.05) is 69.9 Å². The molecule has 382 valence electrons. The predicted octanol–water partition coefficient (Wildman–Crippen LogP) is 4.67. The zero-order valence-electron chi connectivity index (χ0n) is 41.8. The number of tetrazole rings is 3. The topological polar surface area (TPSA) is 220 Å². The average Bonchev–Trinajstić information content (AvgIpc) is 4.18. The summed E-state index contributed by atoms with van der Waals surface area (Å²) >= 11 is 5.70. The number of carbonyl (C=O) groups is 2. The lowest BCUT2D eigenvalue weighted by molar-refractivity contribution is 0.0272. The maximum absolute atomic E-state index is 12.3. The van der Waals surface area contributed by atoms with Crippen LogP contribution in [-0.2, 0) is 9.47 Å². The summed E-state index contributed by atoms with van der Waals surface area (Å²) in [6, 6.07) is 29.4. The molecule has 72 heavy (non-hydrogen) atoms. The van der Waals surface area contributed by atoms with Crippen molar-refractivity contribution in [1.82, 2.24) is 81.1 Å². The van der Waals surface area contributed by atoms with E-state index in [0.717, 1.165) is 119 Å². The molecule has 6 aliphatic rings. The molecule has 0 bridgehead atoms. The standard InChI is InChI=1S/C18H24N6O2.C13H16N6.C11H20N2O2.C7H5ClN4/c1-18(2,3)26-17(25)23-11-13-9-22(10-14(13)12-23)16-19-20-21-24(16)15-7-5-4-6-8-15;1-2-4-12(5-3-1)19-13(15-16-17-19)18-8-10-6-14-7-11(10)9-18;1-11(2,3)15-10(14)13-6-8-4-12-5-9(8)7-13;8-7-9-10-11-12(7)6-4-2-1-3-5-6/h4-8,13-14H,9-12H2,1-3H3;1-5,10-11,14H,6-9H2;8-9,12H,4-7H2,1-3H3;1-5H. The molecule has 0 saturated carbocycles. The number of para-hydroxylation sites is 3. The highest BCUT2D eigenvalue weighted by Gasteiger charge is 2.44. The summed E-state index contributed by atoms with van der Waals surface area (Å²) in [7, 11) is 0. The van der Waals surface area contributed by atoms with Gasteiger partial charge in [-0.25, -0.2) is 9.59 Å². The first-order valence-corrected chi connectivity index (χ1v) is 25.1. The van der Waals surface area contributed by atoms with E-state index in [9.17, 15) is 9.59 Å². The molecule has 2 amide bonds. The molecule has 3 aromatic carbocycles. The Labute approximate surface area is 424 Å². The van der Waals surface area contributed by atoms with Crippen molar-refractivity contribution in [3.8, 4) is 17.1 Å². The minimum atomic E-state index is -0.460. The van der Waals surface area contributed by atoms with Crippen LogP contribution >= 0.6 is 11.6 Å². The maximum atomic E-state index is 12.3. The van der Waals surface area contributed by atoms with Crippen molar-refractivity contribution in [3.63, 3.8) is 0 Å². The summed E-state index contributed by atoms with van der Waals surface area (Å²) in [6.45, 7) is 22.7. The third-order valence-corrected chi connectivity index (χ3v) is 13.7. The monoisotopic (exact) mass is 1000 g/mol. The number of nitrogens with one attached hydrogen (secondary N) is 2. The van der Waals surface area contributed by atoms with E-state index in [1.807, 2.05) is 147 Å². The molecule has 6 unspecified atom stereocenters. The maximum Gasteiger partial charge on any atom is 0.410 e. The molecule has 6 aromatic rings. The highest BCUT2D eigenvalue weighted by atomic mass is 35.5. The van der Waals surface area contributed by atoms with Gasteiger partial charge >= 0.3 is 12.2 Å². The lowest BCUT2D eigenvalue weighted by Gasteiger charge is -2.26. The van der Waals surface area contributed by atoms with Crippen molar-refractivity contribution in [2.45, 2.75) is 52.7 Å². The summed E-state index contributed by atoms with van der Waals surface area (Å²) in [6.07, 6.45) is -0.371. The number of aromatic nitrogens is 12. The van der Waals surface area contributed by atoms with E-state index in [4.69, 9.17) is 21.1 Å². The number of amides is 2. The first-order chi connectivity index (χ1) is 34.7. The predicted molar refractivity (Wildman–Crippen MR) is 269 cm³/mol. The highest BCUT2D eigenvalue weighted by molar-refractivity contribution is 6.28. The Morgan fingerprint density at radius 3 is 1.15 bits per heavy atom. The quantitative estimate of drug-likeness (QED) is 0.240. The van der Waals surface area contributed by atoms with Gasteiger partial charge in [-0.15, -0.1) is 0 Å². The van der Waals surface area contributed by atoms with Crippen molar-refractivity contribution in [2.75, 3.05) is 88.3 Å². The van der Waals surface area contributed by atoms with Crippen LogP contribution in [-0.4, -0.2) is 172 Å². The Balaban J connectivity index is 0.000000123. The van der Waals surface area contributed by atoms with Crippen molar-refractivity contribution in [3.05, 3.63) is 96.3 Å². The van der Waals surface area contributed by atoms with Crippen LogP contribution in [0, 0.1) is 35.5 Å². The Hall–Kier alpha value is -6.78. The third kappa shape index (κ3) is 12.3. The molecule has 0 aliphatic carbocycles. The smallest absolute Gasteiger partial charge is 0.410 e. The van der Waals surface area contributed by atoms with Crippen LogP contribution in [0.15, 0.2) is 91.0 Å². The molecular weight excluding hydrogens is 940 g/mol. The molecule has 6 fully saturated rings. The fourth-order valence-electron chi connectivity index (χ4n) is 10.1. The number of halogens is 1. The van der Waals surface area contributed by atoms with Gasteiger partial charge < -0.3 is 39.7 Å². The molecule has 0 spiro atoms. The van der Waals surface area contributed by atoms with Gasteiger partial charge in [0.2, 0.25) is 17.2 Å². The van der Waals surface area contributed by atoms with E-state index >= 15 is 0 Å². The number of fused-ring (bicyclic) bond motifs is 3. The molecule has 9 heterocycles. The summed E-state index contributed by atoms with van der Waals surface area (Å²) in [4.78, 5) is 32.3. The number of likely N-dealkylation sites (tertiary alicyclic amines) is 2. The molecule has 22 nitrogen and oxygen atoms in total. The van der Waals surface area contributed by atoms with Crippen molar-refractivity contribution < 1.29 is 19.1 Å². The zero-order chi connectivity index (χ0) is 50.4. The second kappa shape index (κ2) is 21.9. The van der Waals surface area contributed by atoms with Gasteiger partial charge in [0, 0.05) is 90.4 Å². The number of anilines is 2. The van der Waals surface area contributed by atoms with Crippen LogP contribution in [0.2, 0.25) is 5.28 Å². The summed E-state index contributed by atoms with van der Waals surface area (Å²) in [5.74, 6) is 5.21. The minimum absolute atomic E-state index is 0.156. The molecular formula is C49H65ClN18O4. The van der Waals surface area contributed by atoms with E-state index in [1.54, 1.807) is 4.68 Å². The Morgan fingerprint density at radius 1 is 0.472 bits per heavy atom. The number of hydrogen-bond acceptors (Lipinski definition) is 17. The van der Waals surface area contributed by atoms with E-state index in [2.05, 4.69) is 67.0 Å². The average molecular weight is 1010 g/mol. The van der Waals surface area contributed by atoms with Crippen molar-refractivity contribution >= 4 is 35.7 Å². The van der Waals surface area contributed by atoms with Crippen LogP contribution in [0.1, 0.15) is 41.5 Å². The number of rotatable bonds is 5. The van der Waals surface area contributed by atoms with Gasteiger partial charge in [0.1, 0.15) is 11.2 Å². The fourth-order valence-corrected chi connectivity index (χ4v) is 10.3. The van der Waals surface area contributed by atoms with E-state index in [-0.39, 0.29) is 23.1 Å². The van der Waals surface area contributed by atoms with Gasteiger partial charge in [0.05, 0.1) is 17.1 Å². The van der Waals surface area contributed by atoms with Gasteiger partial charge in [-0.05, 0) is 144 Å². The molecule has 6 atom stereocenters. The largest absolute Gasteiger partial charge is 0.444 e. The number of benzene rings is 3. The van der Waals surface area contributed by atoms with E-state index < -0.39 is 5.60 Å².